The molecule has 0 radical (unpaired) electrons. The minimum atomic E-state index is -0.220. The number of hydrogen-bond acceptors (Lipinski definition) is 2. The summed E-state index contributed by atoms with van der Waals surface area (Å²) in [5, 5.41) is 3.40. The SMILES string of the molecule is COc1cc(F)cc(CC2CCCN2)c1. The molecule has 1 fully saturated rings. The van der Waals surface area contributed by atoms with Gasteiger partial charge in [-0.2, -0.15) is 0 Å². The molecule has 2 rings (SSSR count). The summed E-state index contributed by atoms with van der Waals surface area (Å²) in [6.45, 7) is 1.08. The summed E-state index contributed by atoms with van der Waals surface area (Å²) in [6, 6.07) is 5.40. The summed E-state index contributed by atoms with van der Waals surface area (Å²) in [5.74, 6) is 0.380. The number of methoxy groups -OCH3 is 1. The number of nitrogens with one attached hydrogen (secondary N) is 1. The molecule has 1 aliphatic heterocycles. The minimum Gasteiger partial charge on any atom is -0.497 e. The van der Waals surface area contributed by atoms with E-state index in [1.165, 1.54) is 18.9 Å². The quantitative estimate of drug-likeness (QED) is 0.823. The van der Waals surface area contributed by atoms with E-state index in [2.05, 4.69) is 5.32 Å². The third-order valence-electron chi connectivity index (χ3n) is 2.81. The Morgan fingerprint density at radius 1 is 1.47 bits per heavy atom. The van der Waals surface area contributed by atoms with Gasteiger partial charge in [-0.3, -0.25) is 0 Å². The Labute approximate surface area is 89.4 Å². The van der Waals surface area contributed by atoms with Gasteiger partial charge in [0.1, 0.15) is 11.6 Å². The molecule has 0 aromatic heterocycles. The Morgan fingerprint density at radius 2 is 2.33 bits per heavy atom. The monoisotopic (exact) mass is 209 g/mol. The van der Waals surface area contributed by atoms with Crippen LogP contribution >= 0.6 is 0 Å². The highest BCUT2D eigenvalue weighted by molar-refractivity contribution is 5.30. The predicted molar refractivity (Wildman–Crippen MR) is 57.7 cm³/mol. The lowest BCUT2D eigenvalue weighted by atomic mass is 10.0. The Morgan fingerprint density at radius 3 is 3.00 bits per heavy atom. The van der Waals surface area contributed by atoms with Gasteiger partial charge in [-0.15, -0.1) is 0 Å². The van der Waals surface area contributed by atoms with Crippen molar-refractivity contribution in [3.63, 3.8) is 0 Å². The first-order chi connectivity index (χ1) is 7.28. The number of hydrogen-bond donors (Lipinski definition) is 1. The zero-order valence-electron chi connectivity index (χ0n) is 8.92. The highest BCUT2D eigenvalue weighted by Crippen LogP contribution is 2.19. The first-order valence-corrected chi connectivity index (χ1v) is 5.35. The molecule has 0 saturated carbocycles. The van der Waals surface area contributed by atoms with Crippen LogP contribution in [0, 0.1) is 5.82 Å². The number of benzene rings is 1. The summed E-state index contributed by atoms with van der Waals surface area (Å²) in [7, 11) is 1.56. The Hall–Kier alpha value is -1.09. The van der Waals surface area contributed by atoms with E-state index in [1.54, 1.807) is 13.2 Å². The van der Waals surface area contributed by atoms with Crippen LogP contribution in [0.4, 0.5) is 4.39 Å². The molecule has 1 saturated heterocycles. The largest absolute Gasteiger partial charge is 0.497 e. The molecule has 1 atom stereocenters. The first-order valence-electron chi connectivity index (χ1n) is 5.35. The first kappa shape index (κ1) is 10.4. The molecule has 1 N–H and O–H groups in total. The molecule has 0 spiro atoms. The third-order valence-corrected chi connectivity index (χ3v) is 2.81. The van der Waals surface area contributed by atoms with Gasteiger partial charge in [0.2, 0.25) is 0 Å². The fraction of sp³-hybridized carbons (Fsp3) is 0.500. The average Bonchev–Trinajstić information content (AvgIpc) is 2.69. The van der Waals surface area contributed by atoms with Crippen molar-refractivity contribution in [2.75, 3.05) is 13.7 Å². The lowest BCUT2D eigenvalue weighted by molar-refractivity contribution is 0.410. The van der Waals surface area contributed by atoms with E-state index in [1.807, 2.05) is 6.07 Å². The standard InChI is InChI=1S/C12H16FNO/c1-15-12-7-9(5-10(13)8-12)6-11-3-2-4-14-11/h5,7-8,11,14H,2-4,6H2,1H3. The van der Waals surface area contributed by atoms with Crippen LogP contribution in [0.2, 0.25) is 0 Å². The molecule has 1 unspecified atom stereocenters. The number of ether oxygens (including phenoxy) is 1. The van der Waals surface area contributed by atoms with Gasteiger partial charge in [0.15, 0.2) is 0 Å². The smallest absolute Gasteiger partial charge is 0.127 e. The molecule has 2 nitrogen and oxygen atoms in total. The van der Waals surface area contributed by atoms with Crippen molar-refractivity contribution in [1.82, 2.24) is 5.32 Å². The van der Waals surface area contributed by atoms with Crippen molar-refractivity contribution < 1.29 is 9.13 Å². The summed E-state index contributed by atoms with van der Waals surface area (Å²) < 4.78 is 18.2. The maximum atomic E-state index is 13.2. The van der Waals surface area contributed by atoms with Crippen LogP contribution in [0.5, 0.6) is 5.75 Å². The highest BCUT2D eigenvalue weighted by Gasteiger charge is 2.15. The maximum absolute atomic E-state index is 13.2. The maximum Gasteiger partial charge on any atom is 0.127 e. The molecule has 1 aromatic rings. The molecule has 3 heteroatoms. The van der Waals surface area contributed by atoms with E-state index in [4.69, 9.17) is 4.74 Å². The molecular formula is C12H16FNO. The van der Waals surface area contributed by atoms with Gasteiger partial charge in [-0.1, -0.05) is 0 Å². The van der Waals surface area contributed by atoms with Gasteiger partial charge in [0.25, 0.3) is 0 Å². The van der Waals surface area contributed by atoms with E-state index < -0.39 is 0 Å². The van der Waals surface area contributed by atoms with E-state index in [0.717, 1.165) is 18.5 Å². The fourth-order valence-electron chi connectivity index (χ4n) is 2.07. The van der Waals surface area contributed by atoms with Crippen LogP contribution in [0.1, 0.15) is 18.4 Å². The van der Waals surface area contributed by atoms with Crippen LogP contribution in [0.3, 0.4) is 0 Å². The van der Waals surface area contributed by atoms with Crippen molar-refractivity contribution >= 4 is 0 Å². The lowest BCUT2D eigenvalue weighted by Gasteiger charge is -2.11. The zero-order chi connectivity index (χ0) is 10.7. The van der Waals surface area contributed by atoms with Crippen LogP contribution in [-0.2, 0) is 6.42 Å². The van der Waals surface area contributed by atoms with E-state index in [-0.39, 0.29) is 5.82 Å². The van der Waals surface area contributed by atoms with Crippen molar-refractivity contribution in [2.45, 2.75) is 25.3 Å². The second-order valence-corrected chi connectivity index (χ2v) is 4.00. The van der Waals surface area contributed by atoms with Crippen LogP contribution in [0.15, 0.2) is 18.2 Å². The third kappa shape index (κ3) is 2.69. The minimum absolute atomic E-state index is 0.220. The Kier molecular flexibility index (Phi) is 3.21. The molecule has 0 bridgehead atoms. The number of rotatable bonds is 3. The molecule has 1 aromatic carbocycles. The summed E-state index contributed by atoms with van der Waals surface area (Å²) in [6.07, 6.45) is 3.28. The van der Waals surface area contributed by atoms with E-state index >= 15 is 0 Å². The summed E-state index contributed by atoms with van der Waals surface area (Å²) >= 11 is 0. The Balaban J connectivity index is 2.09. The van der Waals surface area contributed by atoms with Crippen molar-refractivity contribution in [2.24, 2.45) is 0 Å². The molecule has 15 heavy (non-hydrogen) atoms. The normalized spacial score (nSPS) is 20.5. The van der Waals surface area contributed by atoms with Gasteiger partial charge in [0.05, 0.1) is 7.11 Å². The topological polar surface area (TPSA) is 21.3 Å². The van der Waals surface area contributed by atoms with Crippen LogP contribution in [0.25, 0.3) is 0 Å². The van der Waals surface area contributed by atoms with Gasteiger partial charge in [0, 0.05) is 12.1 Å². The zero-order valence-corrected chi connectivity index (χ0v) is 8.92. The van der Waals surface area contributed by atoms with E-state index in [9.17, 15) is 4.39 Å². The second-order valence-electron chi connectivity index (χ2n) is 4.00. The second kappa shape index (κ2) is 4.62. The average molecular weight is 209 g/mol. The number of halogens is 1. The molecule has 1 heterocycles. The van der Waals surface area contributed by atoms with Crippen LogP contribution in [-0.4, -0.2) is 19.7 Å². The van der Waals surface area contributed by atoms with Crippen LogP contribution < -0.4 is 10.1 Å². The summed E-state index contributed by atoms with van der Waals surface area (Å²) in [5.41, 5.74) is 1.01. The van der Waals surface area contributed by atoms with Gasteiger partial charge in [-0.25, -0.2) is 4.39 Å². The summed E-state index contributed by atoms with van der Waals surface area (Å²) in [4.78, 5) is 0. The lowest BCUT2D eigenvalue weighted by Crippen LogP contribution is -2.23. The molecular weight excluding hydrogens is 193 g/mol. The van der Waals surface area contributed by atoms with Gasteiger partial charge >= 0.3 is 0 Å². The molecule has 0 aliphatic carbocycles. The molecule has 82 valence electrons. The molecule has 0 amide bonds. The van der Waals surface area contributed by atoms with Gasteiger partial charge in [-0.05, 0) is 43.5 Å². The van der Waals surface area contributed by atoms with Crippen molar-refractivity contribution in [1.29, 1.82) is 0 Å². The molecule has 1 aliphatic rings. The Bertz CT molecular complexity index is 334. The van der Waals surface area contributed by atoms with Crippen molar-refractivity contribution in [3.05, 3.63) is 29.6 Å². The van der Waals surface area contributed by atoms with E-state index in [0.29, 0.717) is 11.8 Å². The predicted octanol–water partition coefficient (Wildman–Crippen LogP) is 2.13. The van der Waals surface area contributed by atoms with Gasteiger partial charge < -0.3 is 10.1 Å². The highest BCUT2D eigenvalue weighted by atomic mass is 19.1. The van der Waals surface area contributed by atoms with Crippen molar-refractivity contribution in [3.8, 4) is 5.75 Å². The fourth-order valence-corrected chi connectivity index (χ4v) is 2.07.